The summed E-state index contributed by atoms with van der Waals surface area (Å²) in [7, 11) is 1.62. The minimum Gasteiger partial charge on any atom is -0.497 e. The molecule has 2 saturated heterocycles. The van der Waals surface area contributed by atoms with Gasteiger partial charge in [-0.15, -0.1) is 0 Å². The summed E-state index contributed by atoms with van der Waals surface area (Å²) in [5.74, 6) is 2.39. The van der Waals surface area contributed by atoms with E-state index in [0.29, 0.717) is 17.6 Å². The van der Waals surface area contributed by atoms with E-state index in [1.807, 2.05) is 23.1 Å². The monoisotopic (exact) mass is 366 g/mol. The Kier molecular flexibility index (Phi) is 5.03. The van der Waals surface area contributed by atoms with Crippen molar-refractivity contribution in [3.63, 3.8) is 0 Å². The minimum absolute atomic E-state index is 0.0421. The van der Waals surface area contributed by atoms with Crippen LogP contribution in [0.3, 0.4) is 0 Å². The number of nitrogens with zero attached hydrogens (tertiary/aromatic N) is 1. The van der Waals surface area contributed by atoms with Gasteiger partial charge in [0.2, 0.25) is 0 Å². The highest BCUT2D eigenvalue weighted by Gasteiger charge is 2.47. The van der Waals surface area contributed by atoms with Gasteiger partial charge in [0.15, 0.2) is 6.61 Å². The maximum absolute atomic E-state index is 13.0. The molecule has 5 nitrogen and oxygen atoms in total. The molecule has 2 fully saturated rings. The van der Waals surface area contributed by atoms with Crippen LogP contribution < -0.4 is 14.8 Å². The first kappa shape index (κ1) is 17.9. The Balaban J connectivity index is 1.52. The molecule has 0 radical (unpaired) electrons. The van der Waals surface area contributed by atoms with Crippen LogP contribution in [-0.4, -0.2) is 44.2 Å². The predicted molar refractivity (Wildman–Crippen MR) is 104 cm³/mol. The molecule has 2 aliphatic rings. The number of rotatable bonds is 5. The van der Waals surface area contributed by atoms with E-state index in [9.17, 15) is 4.79 Å². The number of aryl methyl sites for hydroxylation is 1. The number of ether oxygens (including phenoxy) is 2. The van der Waals surface area contributed by atoms with Gasteiger partial charge in [-0.2, -0.15) is 0 Å². The van der Waals surface area contributed by atoms with Gasteiger partial charge in [0.25, 0.3) is 5.91 Å². The number of fused-ring (bicyclic) bond motifs is 1. The van der Waals surface area contributed by atoms with Gasteiger partial charge in [-0.3, -0.25) is 4.79 Å². The minimum atomic E-state index is 0.0421. The van der Waals surface area contributed by atoms with Gasteiger partial charge in [-0.25, -0.2) is 0 Å². The summed E-state index contributed by atoms with van der Waals surface area (Å²) in [6.45, 7) is 4.90. The fraction of sp³-hybridized carbons (Fsp3) is 0.409. The van der Waals surface area contributed by atoms with E-state index < -0.39 is 0 Å². The zero-order valence-electron chi connectivity index (χ0n) is 15.9. The molecule has 0 bridgehead atoms. The average molecular weight is 366 g/mol. The van der Waals surface area contributed by atoms with Crippen LogP contribution >= 0.6 is 0 Å². The molecule has 2 heterocycles. The maximum atomic E-state index is 13.0. The predicted octanol–water partition coefficient (Wildman–Crippen LogP) is 2.80. The Hall–Kier alpha value is -2.53. The number of carbonyl (C=O) groups is 1. The number of hydrogen-bond donors (Lipinski definition) is 1. The summed E-state index contributed by atoms with van der Waals surface area (Å²) in [5.41, 5.74) is 2.49. The van der Waals surface area contributed by atoms with Crippen LogP contribution in [0.2, 0.25) is 0 Å². The van der Waals surface area contributed by atoms with Crippen molar-refractivity contribution in [2.45, 2.75) is 13.0 Å². The lowest BCUT2D eigenvalue weighted by Crippen LogP contribution is -2.37. The van der Waals surface area contributed by atoms with Crippen molar-refractivity contribution in [1.29, 1.82) is 0 Å². The average Bonchev–Trinajstić information content (AvgIpc) is 3.28. The van der Waals surface area contributed by atoms with Crippen molar-refractivity contribution in [3.05, 3.63) is 59.7 Å². The Morgan fingerprint density at radius 3 is 2.78 bits per heavy atom. The van der Waals surface area contributed by atoms with Crippen LogP contribution in [-0.2, 0) is 4.79 Å². The van der Waals surface area contributed by atoms with Gasteiger partial charge in [-0.1, -0.05) is 30.3 Å². The molecule has 5 heteroatoms. The first-order chi connectivity index (χ1) is 13.2. The zero-order valence-corrected chi connectivity index (χ0v) is 15.9. The maximum Gasteiger partial charge on any atom is 0.261 e. The third-order valence-electron chi connectivity index (χ3n) is 5.80. The number of carbonyl (C=O) groups excluding carboxylic acids is 1. The highest BCUT2D eigenvalue weighted by molar-refractivity contribution is 5.79. The first-order valence-corrected chi connectivity index (χ1v) is 9.50. The molecule has 2 aliphatic heterocycles. The molecule has 142 valence electrons. The standard InChI is InChI=1S/C22H26N2O3/c1-15-6-3-4-9-19(15)22-20-12-23-11-16(20)13-24(22)21(25)14-27-18-8-5-7-17(10-18)26-2/h3-10,16,20,22-23H,11-14H2,1-2H3/t16-,20-,22+/m0/s1. The van der Waals surface area contributed by atoms with Gasteiger partial charge in [0.05, 0.1) is 13.2 Å². The Morgan fingerprint density at radius 2 is 1.96 bits per heavy atom. The van der Waals surface area contributed by atoms with Crippen molar-refractivity contribution in [2.24, 2.45) is 11.8 Å². The Morgan fingerprint density at radius 1 is 1.15 bits per heavy atom. The second kappa shape index (κ2) is 7.61. The number of methoxy groups -OCH3 is 1. The van der Waals surface area contributed by atoms with E-state index in [4.69, 9.17) is 9.47 Å². The number of nitrogens with one attached hydrogen (secondary N) is 1. The molecular weight excluding hydrogens is 340 g/mol. The fourth-order valence-electron chi connectivity index (χ4n) is 4.41. The molecule has 27 heavy (non-hydrogen) atoms. The normalized spacial score (nSPS) is 23.9. The van der Waals surface area contributed by atoms with Crippen LogP contribution in [0.4, 0.5) is 0 Å². The SMILES string of the molecule is COc1cccc(OCC(=O)N2C[C@@H]3CNC[C@@H]3[C@H]2c2ccccc2C)c1. The van der Waals surface area contributed by atoms with E-state index in [-0.39, 0.29) is 18.6 Å². The lowest BCUT2D eigenvalue weighted by molar-refractivity contribution is -0.134. The largest absolute Gasteiger partial charge is 0.497 e. The molecule has 2 aromatic rings. The summed E-state index contributed by atoms with van der Waals surface area (Å²) >= 11 is 0. The van der Waals surface area contributed by atoms with Crippen molar-refractivity contribution in [1.82, 2.24) is 10.2 Å². The number of likely N-dealkylation sites (tertiary alicyclic amines) is 1. The number of benzene rings is 2. The molecule has 3 atom stereocenters. The van der Waals surface area contributed by atoms with Crippen molar-refractivity contribution in [2.75, 3.05) is 33.4 Å². The van der Waals surface area contributed by atoms with E-state index in [2.05, 4.69) is 36.5 Å². The molecule has 0 unspecified atom stereocenters. The highest BCUT2D eigenvalue weighted by atomic mass is 16.5. The van der Waals surface area contributed by atoms with Crippen LogP contribution in [0, 0.1) is 18.8 Å². The van der Waals surface area contributed by atoms with Gasteiger partial charge in [0.1, 0.15) is 11.5 Å². The quantitative estimate of drug-likeness (QED) is 0.884. The van der Waals surface area contributed by atoms with E-state index in [0.717, 1.165) is 25.4 Å². The molecule has 0 aliphatic carbocycles. The molecule has 2 aromatic carbocycles. The van der Waals surface area contributed by atoms with Crippen LogP contribution in [0.25, 0.3) is 0 Å². The van der Waals surface area contributed by atoms with Crippen LogP contribution in [0.5, 0.6) is 11.5 Å². The number of hydrogen-bond acceptors (Lipinski definition) is 4. The van der Waals surface area contributed by atoms with Gasteiger partial charge in [0, 0.05) is 31.6 Å². The van der Waals surface area contributed by atoms with Crippen molar-refractivity contribution in [3.8, 4) is 11.5 Å². The summed E-state index contributed by atoms with van der Waals surface area (Å²) in [5, 5.41) is 3.49. The molecule has 1 amide bonds. The highest BCUT2D eigenvalue weighted by Crippen LogP contribution is 2.43. The van der Waals surface area contributed by atoms with Crippen LogP contribution in [0.1, 0.15) is 17.2 Å². The lowest BCUT2D eigenvalue weighted by Gasteiger charge is -2.29. The summed E-state index contributed by atoms with van der Waals surface area (Å²) in [4.78, 5) is 15.1. The first-order valence-electron chi connectivity index (χ1n) is 9.50. The third kappa shape index (κ3) is 3.52. The molecule has 1 N–H and O–H groups in total. The van der Waals surface area contributed by atoms with Crippen molar-refractivity contribution < 1.29 is 14.3 Å². The topological polar surface area (TPSA) is 50.8 Å². The van der Waals surface area contributed by atoms with Gasteiger partial charge in [-0.05, 0) is 36.1 Å². The molecule has 4 rings (SSSR count). The lowest BCUT2D eigenvalue weighted by atomic mass is 9.87. The van der Waals surface area contributed by atoms with Gasteiger partial charge < -0.3 is 19.7 Å². The Bertz CT molecular complexity index is 823. The summed E-state index contributed by atoms with van der Waals surface area (Å²) < 4.78 is 11.0. The van der Waals surface area contributed by atoms with Crippen molar-refractivity contribution >= 4 is 5.91 Å². The van der Waals surface area contributed by atoms with E-state index in [1.54, 1.807) is 13.2 Å². The summed E-state index contributed by atoms with van der Waals surface area (Å²) in [6.07, 6.45) is 0. The summed E-state index contributed by atoms with van der Waals surface area (Å²) in [6, 6.07) is 15.9. The molecular formula is C22H26N2O3. The smallest absolute Gasteiger partial charge is 0.261 e. The second-order valence-electron chi connectivity index (χ2n) is 7.40. The molecule has 0 aromatic heterocycles. The molecule has 0 saturated carbocycles. The fourth-order valence-corrected chi connectivity index (χ4v) is 4.41. The van der Waals surface area contributed by atoms with E-state index in [1.165, 1.54) is 11.1 Å². The third-order valence-corrected chi connectivity index (χ3v) is 5.80. The zero-order chi connectivity index (χ0) is 18.8. The number of amides is 1. The Labute approximate surface area is 160 Å². The van der Waals surface area contributed by atoms with E-state index >= 15 is 0 Å². The van der Waals surface area contributed by atoms with Gasteiger partial charge >= 0.3 is 0 Å². The van der Waals surface area contributed by atoms with Crippen LogP contribution in [0.15, 0.2) is 48.5 Å². The second-order valence-corrected chi connectivity index (χ2v) is 7.40. The molecule has 0 spiro atoms.